The van der Waals surface area contributed by atoms with Crippen LogP contribution in [0.5, 0.6) is 0 Å². The third-order valence-electron chi connectivity index (χ3n) is 6.00. The summed E-state index contributed by atoms with van der Waals surface area (Å²) in [7, 11) is 0. The van der Waals surface area contributed by atoms with E-state index in [0.717, 1.165) is 57.1 Å². The van der Waals surface area contributed by atoms with Crippen molar-refractivity contribution >= 4 is 11.8 Å². The van der Waals surface area contributed by atoms with Crippen LogP contribution in [0.4, 0.5) is 0 Å². The molecule has 4 rings (SSSR count). The molecule has 3 fully saturated rings. The highest BCUT2D eigenvalue weighted by Crippen LogP contribution is 2.40. The Morgan fingerprint density at radius 1 is 1.08 bits per heavy atom. The van der Waals surface area contributed by atoms with Gasteiger partial charge in [0, 0.05) is 43.1 Å². The average Bonchev–Trinajstić information content (AvgIpc) is 3.39. The number of nitrogens with zero attached hydrogens (tertiary/aromatic N) is 2. The molecule has 0 spiro atoms. The van der Waals surface area contributed by atoms with Crippen molar-refractivity contribution in [2.45, 2.75) is 69.4 Å². The summed E-state index contributed by atoms with van der Waals surface area (Å²) in [6.07, 6.45) is 7.53. The Morgan fingerprint density at radius 2 is 1.77 bits per heavy atom. The summed E-state index contributed by atoms with van der Waals surface area (Å²) in [5.74, 6) is 1.51. The fourth-order valence-electron chi connectivity index (χ4n) is 4.08. The number of amides is 2. The number of hydrogen-bond donors (Lipinski definition) is 2. The molecule has 1 aliphatic heterocycles. The second kappa shape index (κ2) is 7.39. The maximum absolute atomic E-state index is 12.7. The number of nitrogens with one attached hydrogen (secondary N) is 1. The molecular formula is C19H28N4O3. The first-order chi connectivity index (χ1) is 12.6. The summed E-state index contributed by atoms with van der Waals surface area (Å²) in [6.45, 7) is 1.41. The molecule has 3 aliphatic rings. The minimum Gasteiger partial charge on any atom is -0.360 e. The van der Waals surface area contributed by atoms with Gasteiger partial charge in [-0.1, -0.05) is 5.16 Å². The molecule has 0 aromatic carbocycles. The summed E-state index contributed by atoms with van der Waals surface area (Å²) >= 11 is 0. The highest BCUT2D eigenvalue weighted by Gasteiger charge is 2.32. The van der Waals surface area contributed by atoms with Crippen LogP contribution >= 0.6 is 0 Å². The highest BCUT2D eigenvalue weighted by molar-refractivity contribution is 5.92. The monoisotopic (exact) mass is 360 g/mol. The smallest absolute Gasteiger partial charge is 0.273 e. The van der Waals surface area contributed by atoms with Crippen LogP contribution < -0.4 is 11.1 Å². The van der Waals surface area contributed by atoms with Gasteiger partial charge in [0.25, 0.3) is 5.91 Å². The highest BCUT2D eigenvalue weighted by atomic mass is 16.5. The molecule has 1 saturated heterocycles. The van der Waals surface area contributed by atoms with Gasteiger partial charge in [0.1, 0.15) is 5.76 Å². The summed E-state index contributed by atoms with van der Waals surface area (Å²) < 4.78 is 5.25. The first-order valence-corrected chi connectivity index (χ1v) is 9.92. The van der Waals surface area contributed by atoms with Gasteiger partial charge in [-0.15, -0.1) is 0 Å². The molecule has 3 N–H and O–H groups in total. The van der Waals surface area contributed by atoms with Crippen LogP contribution in [0.3, 0.4) is 0 Å². The molecule has 1 aromatic heterocycles. The van der Waals surface area contributed by atoms with E-state index in [-0.39, 0.29) is 29.8 Å². The van der Waals surface area contributed by atoms with E-state index in [4.69, 9.17) is 10.3 Å². The van der Waals surface area contributed by atoms with Crippen molar-refractivity contribution in [3.63, 3.8) is 0 Å². The number of hydrogen-bond acceptors (Lipinski definition) is 5. The molecule has 2 amide bonds. The lowest BCUT2D eigenvalue weighted by atomic mass is 9.85. The van der Waals surface area contributed by atoms with Crippen molar-refractivity contribution in [2.24, 2.45) is 11.7 Å². The van der Waals surface area contributed by atoms with Crippen LogP contribution in [0.1, 0.15) is 73.5 Å². The Bertz CT molecular complexity index is 653. The Labute approximate surface area is 153 Å². The van der Waals surface area contributed by atoms with E-state index < -0.39 is 0 Å². The van der Waals surface area contributed by atoms with Gasteiger partial charge in [-0.25, -0.2) is 0 Å². The van der Waals surface area contributed by atoms with E-state index in [1.807, 2.05) is 4.90 Å². The zero-order chi connectivity index (χ0) is 18.1. The van der Waals surface area contributed by atoms with Gasteiger partial charge < -0.3 is 20.5 Å². The number of likely N-dealkylation sites (tertiary alicyclic amines) is 1. The minimum atomic E-state index is -0.174. The van der Waals surface area contributed by atoms with Gasteiger partial charge in [0.2, 0.25) is 5.91 Å². The predicted molar refractivity (Wildman–Crippen MR) is 95.5 cm³/mol. The number of aromatic nitrogens is 1. The van der Waals surface area contributed by atoms with E-state index in [2.05, 4.69) is 10.5 Å². The van der Waals surface area contributed by atoms with Gasteiger partial charge in [0.15, 0.2) is 5.69 Å². The second-order valence-electron chi connectivity index (χ2n) is 8.07. The standard InChI is InChI=1S/C19H28N4O3/c20-14-5-3-13(4-6-14)19(25)23-9-7-15(8-10-23)21-18(24)16-11-17(26-22-16)12-1-2-12/h11-15H,1-10,20H2,(H,21,24). The molecule has 0 atom stereocenters. The van der Waals surface area contributed by atoms with Crippen molar-refractivity contribution in [3.8, 4) is 0 Å². The lowest BCUT2D eigenvalue weighted by molar-refractivity contribution is -0.137. The summed E-state index contributed by atoms with van der Waals surface area (Å²) in [5.41, 5.74) is 6.30. The van der Waals surface area contributed by atoms with E-state index in [9.17, 15) is 9.59 Å². The summed E-state index contributed by atoms with van der Waals surface area (Å²) in [5, 5.41) is 6.93. The van der Waals surface area contributed by atoms with E-state index in [1.54, 1.807) is 6.07 Å². The van der Waals surface area contributed by atoms with Crippen LogP contribution in [0.15, 0.2) is 10.6 Å². The molecule has 0 unspecified atom stereocenters. The predicted octanol–water partition coefficient (Wildman–Crippen LogP) is 1.79. The molecule has 0 radical (unpaired) electrons. The zero-order valence-corrected chi connectivity index (χ0v) is 15.2. The van der Waals surface area contributed by atoms with Crippen LogP contribution in [0.2, 0.25) is 0 Å². The van der Waals surface area contributed by atoms with Crippen molar-refractivity contribution in [3.05, 3.63) is 17.5 Å². The number of carbonyl (C=O) groups excluding carboxylic acids is 2. The van der Waals surface area contributed by atoms with Crippen molar-refractivity contribution in [1.82, 2.24) is 15.4 Å². The number of piperidine rings is 1. The lowest BCUT2D eigenvalue weighted by Gasteiger charge is -2.36. The topological polar surface area (TPSA) is 101 Å². The van der Waals surface area contributed by atoms with Crippen LogP contribution in [-0.4, -0.2) is 47.0 Å². The normalized spacial score (nSPS) is 27.3. The first kappa shape index (κ1) is 17.5. The van der Waals surface area contributed by atoms with Crippen LogP contribution in [0.25, 0.3) is 0 Å². The number of nitrogens with two attached hydrogens (primary N) is 1. The van der Waals surface area contributed by atoms with Crippen molar-refractivity contribution < 1.29 is 14.1 Å². The average molecular weight is 360 g/mol. The third-order valence-corrected chi connectivity index (χ3v) is 6.00. The zero-order valence-electron chi connectivity index (χ0n) is 15.2. The fraction of sp³-hybridized carbons (Fsp3) is 0.737. The molecule has 2 saturated carbocycles. The Kier molecular flexibility index (Phi) is 4.98. The molecule has 0 bridgehead atoms. The van der Waals surface area contributed by atoms with Gasteiger partial charge in [-0.3, -0.25) is 9.59 Å². The molecule has 1 aromatic rings. The third kappa shape index (κ3) is 3.92. The number of carbonyl (C=O) groups is 2. The Balaban J connectivity index is 1.24. The maximum atomic E-state index is 12.7. The van der Waals surface area contributed by atoms with E-state index >= 15 is 0 Å². The Hall–Kier alpha value is -1.89. The maximum Gasteiger partial charge on any atom is 0.273 e. The molecule has 7 nitrogen and oxygen atoms in total. The Morgan fingerprint density at radius 3 is 2.42 bits per heavy atom. The minimum absolute atomic E-state index is 0.0902. The second-order valence-corrected chi connectivity index (χ2v) is 8.07. The molecule has 2 aliphatic carbocycles. The summed E-state index contributed by atoms with van der Waals surface area (Å²) in [6, 6.07) is 2.11. The molecule has 26 heavy (non-hydrogen) atoms. The van der Waals surface area contributed by atoms with E-state index in [0.29, 0.717) is 24.7 Å². The first-order valence-electron chi connectivity index (χ1n) is 9.92. The quantitative estimate of drug-likeness (QED) is 0.852. The largest absolute Gasteiger partial charge is 0.360 e. The van der Waals surface area contributed by atoms with Crippen LogP contribution in [0, 0.1) is 5.92 Å². The summed E-state index contributed by atoms with van der Waals surface area (Å²) in [4.78, 5) is 27.0. The molecular weight excluding hydrogens is 332 g/mol. The van der Waals surface area contributed by atoms with Gasteiger partial charge >= 0.3 is 0 Å². The van der Waals surface area contributed by atoms with E-state index in [1.165, 1.54) is 0 Å². The SMILES string of the molecule is NC1CCC(C(=O)N2CCC(NC(=O)c3cc(C4CC4)on3)CC2)CC1. The van der Waals surface area contributed by atoms with Crippen molar-refractivity contribution in [1.29, 1.82) is 0 Å². The fourth-order valence-corrected chi connectivity index (χ4v) is 4.08. The lowest BCUT2D eigenvalue weighted by Crippen LogP contribution is -2.48. The molecule has 7 heteroatoms. The molecule has 142 valence electrons. The van der Waals surface area contributed by atoms with Gasteiger partial charge in [-0.2, -0.15) is 0 Å². The van der Waals surface area contributed by atoms with Crippen LogP contribution in [-0.2, 0) is 4.79 Å². The van der Waals surface area contributed by atoms with Gasteiger partial charge in [-0.05, 0) is 51.4 Å². The number of rotatable bonds is 4. The van der Waals surface area contributed by atoms with Crippen molar-refractivity contribution in [2.75, 3.05) is 13.1 Å². The molecule has 2 heterocycles. The van der Waals surface area contributed by atoms with Gasteiger partial charge in [0.05, 0.1) is 0 Å².